The maximum atomic E-state index is 10.1. The van der Waals surface area contributed by atoms with Crippen LogP contribution in [0.15, 0.2) is 36.9 Å². The third-order valence-corrected chi connectivity index (χ3v) is 2.39. The van der Waals surface area contributed by atoms with Gasteiger partial charge in [0.15, 0.2) is 0 Å². The number of nitrogens with one attached hydrogen (secondary N) is 1. The van der Waals surface area contributed by atoms with E-state index >= 15 is 0 Å². The highest BCUT2D eigenvalue weighted by Gasteiger charge is 2.20. The Hall–Kier alpha value is -1.61. The monoisotopic (exact) mass is 219 g/mol. The summed E-state index contributed by atoms with van der Waals surface area (Å²) in [6.07, 6.45) is 3.62. The first-order chi connectivity index (χ1) is 7.74. The number of rotatable bonds is 2. The van der Waals surface area contributed by atoms with Crippen molar-refractivity contribution >= 4 is 12.0 Å². The first kappa shape index (κ1) is 12.5. The lowest BCUT2D eigenvalue weighted by Crippen LogP contribution is -2.29. The largest absolute Gasteiger partial charge is 0.480 e. The van der Waals surface area contributed by atoms with Crippen LogP contribution in [0, 0.1) is 0 Å². The van der Waals surface area contributed by atoms with E-state index in [9.17, 15) is 4.79 Å². The lowest BCUT2D eigenvalue weighted by molar-refractivity contribution is -0.139. The first-order valence-corrected chi connectivity index (χ1v) is 5.37. The van der Waals surface area contributed by atoms with Crippen molar-refractivity contribution < 1.29 is 9.90 Å². The quantitative estimate of drug-likeness (QED) is 0.801. The van der Waals surface area contributed by atoms with Crippen LogP contribution in [-0.2, 0) is 4.79 Å². The minimum Gasteiger partial charge on any atom is -0.480 e. The Morgan fingerprint density at radius 3 is 2.44 bits per heavy atom. The van der Waals surface area contributed by atoms with Crippen molar-refractivity contribution in [2.75, 3.05) is 6.54 Å². The van der Waals surface area contributed by atoms with Crippen LogP contribution in [-0.4, -0.2) is 23.7 Å². The van der Waals surface area contributed by atoms with Crippen LogP contribution in [0.5, 0.6) is 0 Å². The zero-order chi connectivity index (χ0) is 11.8. The Labute approximate surface area is 95.8 Å². The molecule has 1 aliphatic heterocycles. The molecule has 0 aliphatic carbocycles. The summed E-state index contributed by atoms with van der Waals surface area (Å²) in [4.78, 5) is 10.1. The fourth-order valence-electron chi connectivity index (χ4n) is 1.48. The second kappa shape index (κ2) is 6.80. The Bertz CT molecular complexity index is 329. The van der Waals surface area contributed by atoms with Gasteiger partial charge in [0.2, 0.25) is 0 Å². The van der Waals surface area contributed by atoms with E-state index in [2.05, 4.69) is 11.9 Å². The van der Waals surface area contributed by atoms with Crippen LogP contribution in [0.25, 0.3) is 6.08 Å². The van der Waals surface area contributed by atoms with Gasteiger partial charge < -0.3 is 10.4 Å². The summed E-state index contributed by atoms with van der Waals surface area (Å²) in [5.41, 5.74) is 1.17. The predicted octanol–water partition coefficient (Wildman–Crippen LogP) is 2.15. The number of hydrogen-bond acceptors (Lipinski definition) is 2. The summed E-state index contributed by atoms with van der Waals surface area (Å²) in [5.74, 6) is -0.720. The molecule has 1 fully saturated rings. The highest BCUT2D eigenvalue weighted by Crippen LogP contribution is 2.03. The van der Waals surface area contributed by atoms with Gasteiger partial charge >= 0.3 is 5.97 Å². The van der Waals surface area contributed by atoms with Crippen molar-refractivity contribution in [3.63, 3.8) is 0 Å². The molecule has 1 aliphatic rings. The number of aliphatic carboxylic acids is 1. The molecule has 16 heavy (non-hydrogen) atoms. The van der Waals surface area contributed by atoms with Gasteiger partial charge in [0, 0.05) is 0 Å². The van der Waals surface area contributed by atoms with Crippen molar-refractivity contribution in [2.45, 2.75) is 18.9 Å². The number of carboxylic acid groups (broad SMARTS) is 1. The summed E-state index contributed by atoms with van der Waals surface area (Å²) in [5, 5.41) is 11.2. The van der Waals surface area contributed by atoms with E-state index < -0.39 is 5.97 Å². The third-order valence-electron chi connectivity index (χ3n) is 2.39. The molecule has 86 valence electrons. The molecular formula is C13H17NO2. The summed E-state index contributed by atoms with van der Waals surface area (Å²) in [7, 11) is 0. The molecule has 1 atom stereocenters. The minimum atomic E-state index is -0.720. The molecule has 0 aromatic heterocycles. The Morgan fingerprint density at radius 2 is 2.12 bits per heavy atom. The molecule has 0 saturated carbocycles. The van der Waals surface area contributed by atoms with Crippen molar-refractivity contribution in [2.24, 2.45) is 0 Å². The van der Waals surface area contributed by atoms with Crippen LogP contribution < -0.4 is 5.32 Å². The smallest absolute Gasteiger partial charge is 0.320 e. The number of carboxylic acids is 1. The third kappa shape index (κ3) is 4.28. The topological polar surface area (TPSA) is 49.3 Å². The molecule has 0 spiro atoms. The highest BCUT2D eigenvalue weighted by atomic mass is 16.4. The molecule has 0 unspecified atom stereocenters. The average molecular weight is 219 g/mol. The second-order valence-corrected chi connectivity index (χ2v) is 3.60. The van der Waals surface area contributed by atoms with Crippen molar-refractivity contribution in [3.05, 3.63) is 42.5 Å². The summed E-state index contributed by atoms with van der Waals surface area (Å²) >= 11 is 0. The molecule has 3 nitrogen and oxygen atoms in total. The van der Waals surface area contributed by atoms with Gasteiger partial charge in [0.25, 0.3) is 0 Å². The molecule has 2 rings (SSSR count). The predicted molar refractivity (Wildman–Crippen MR) is 65.2 cm³/mol. The highest BCUT2D eigenvalue weighted by molar-refractivity contribution is 5.73. The van der Waals surface area contributed by atoms with E-state index in [-0.39, 0.29) is 6.04 Å². The maximum Gasteiger partial charge on any atom is 0.320 e. The molecule has 1 aromatic rings. The lowest BCUT2D eigenvalue weighted by atomic mass is 10.2. The molecule has 0 bridgehead atoms. The van der Waals surface area contributed by atoms with Crippen molar-refractivity contribution in [1.82, 2.24) is 5.32 Å². The van der Waals surface area contributed by atoms with Crippen LogP contribution in [0.2, 0.25) is 0 Å². The van der Waals surface area contributed by atoms with E-state index in [0.717, 1.165) is 19.4 Å². The van der Waals surface area contributed by atoms with E-state index in [1.54, 1.807) is 0 Å². The minimum absolute atomic E-state index is 0.269. The molecule has 0 radical (unpaired) electrons. The molecule has 1 heterocycles. The van der Waals surface area contributed by atoms with Gasteiger partial charge in [-0.2, -0.15) is 0 Å². The van der Waals surface area contributed by atoms with Gasteiger partial charge in [-0.05, 0) is 24.9 Å². The number of carbonyl (C=O) groups is 1. The van der Waals surface area contributed by atoms with Gasteiger partial charge in [0.1, 0.15) is 6.04 Å². The maximum absolute atomic E-state index is 10.1. The van der Waals surface area contributed by atoms with Crippen molar-refractivity contribution in [3.8, 4) is 0 Å². The SMILES string of the molecule is C=Cc1ccccc1.O=C(O)[C@@H]1CCCN1. The normalized spacial score (nSPS) is 18.4. The summed E-state index contributed by atoms with van der Waals surface area (Å²) < 4.78 is 0. The first-order valence-electron chi connectivity index (χ1n) is 5.37. The van der Waals surface area contributed by atoms with Gasteiger partial charge in [-0.15, -0.1) is 0 Å². The molecular weight excluding hydrogens is 202 g/mol. The average Bonchev–Trinajstić information content (AvgIpc) is 2.85. The fourth-order valence-corrected chi connectivity index (χ4v) is 1.48. The van der Waals surface area contributed by atoms with Crippen LogP contribution in [0.3, 0.4) is 0 Å². The van der Waals surface area contributed by atoms with Crippen LogP contribution >= 0.6 is 0 Å². The second-order valence-electron chi connectivity index (χ2n) is 3.60. The van der Waals surface area contributed by atoms with Crippen LogP contribution in [0.1, 0.15) is 18.4 Å². The number of hydrogen-bond donors (Lipinski definition) is 2. The molecule has 1 aromatic carbocycles. The Morgan fingerprint density at radius 1 is 1.44 bits per heavy atom. The summed E-state index contributed by atoms with van der Waals surface area (Å²) in [6, 6.07) is 9.76. The van der Waals surface area contributed by atoms with E-state index in [1.807, 2.05) is 36.4 Å². The molecule has 0 amide bonds. The molecule has 1 saturated heterocycles. The van der Waals surface area contributed by atoms with Gasteiger partial charge in [0.05, 0.1) is 0 Å². The zero-order valence-electron chi connectivity index (χ0n) is 9.23. The summed E-state index contributed by atoms with van der Waals surface area (Å²) in [6.45, 7) is 4.49. The van der Waals surface area contributed by atoms with Crippen LogP contribution in [0.4, 0.5) is 0 Å². The van der Waals surface area contributed by atoms with E-state index in [4.69, 9.17) is 5.11 Å². The van der Waals surface area contributed by atoms with E-state index in [1.165, 1.54) is 5.56 Å². The Kier molecular flexibility index (Phi) is 5.29. The molecule has 3 heteroatoms. The molecule has 2 N–H and O–H groups in total. The lowest BCUT2D eigenvalue weighted by Gasteiger charge is -1.99. The fraction of sp³-hybridized carbons (Fsp3) is 0.308. The van der Waals surface area contributed by atoms with Gasteiger partial charge in [-0.1, -0.05) is 43.0 Å². The number of benzene rings is 1. The van der Waals surface area contributed by atoms with Gasteiger partial charge in [-0.3, -0.25) is 4.79 Å². The standard InChI is InChI=1S/C8H8.C5H9NO2/c1-2-8-6-4-3-5-7-8;7-5(8)4-2-1-3-6-4/h2-7H,1H2;4,6H,1-3H2,(H,7,8)/t;4-/m.0/s1. The van der Waals surface area contributed by atoms with Gasteiger partial charge in [-0.25, -0.2) is 0 Å². The van der Waals surface area contributed by atoms with E-state index in [0.29, 0.717) is 0 Å². The Balaban J connectivity index is 0.000000160. The van der Waals surface area contributed by atoms with Crippen molar-refractivity contribution in [1.29, 1.82) is 0 Å². The zero-order valence-corrected chi connectivity index (χ0v) is 9.23.